The van der Waals surface area contributed by atoms with Gasteiger partial charge in [-0.2, -0.15) is 5.10 Å². The number of carbonyl (C=O) groups is 1. The third-order valence-electron chi connectivity index (χ3n) is 5.79. The molecule has 6 heteroatoms. The number of phenols is 2. The standard InChI is InChI=1S/C30H23N3O3/c34-26-16-13-24(29(35)19-26)20-31-32-30(36)23-11-14-25(15-12-23)33-27(21-7-3-1-4-8-21)17-18-28(33)22-9-5-2-6-10-22/h1-20,34-35H,(H,32,36)/b31-20-. The predicted octanol–water partition coefficient (Wildman–Crippen LogP) is 5.99. The third-order valence-corrected chi connectivity index (χ3v) is 5.79. The van der Waals surface area contributed by atoms with Crippen molar-refractivity contribution in [2.24, 2.45) is 5.10 Å². The minimum atomic E-state index is -0.380. The van der Waals surface area contributed by atoms with Crippen molar-refractivity contribution >= 4 is 12.1 Å². The van der Waals surface area contributed by atoms with Gasteiger partial charge in [-0.1, -0.05) is 60.7 Å². The first-order chi connectivity index (χ1) is 17.6. The van der Waals surface area contributed by atoms with E-state index in [1.165, 1.54) is 24.4 Å². The second-order valence-corrected chi connectivity index (χ2v) is 8.16. The normalized spacial score (nSPS) is 11.0. The van der Waals surface area contributed by atoms with Crippen molar-refractivity contribution in [3.8, 4) is 39.7 Å². The van der Waals surface area contributed by atoms with Crippen LogP contribution >= 0.6 is 0 Å². The quantitative estimate of drug-likeness (QED) is 0.209. The Hall–Kier alpha value is -5.10. The van der Waals surface area contributed by atoms with Gasteiger partial charge in [0.05, 0.1) is 17.6 Å². The molecule has 0 atom stereocenters. The third kappa shape index (κ3) is 4.74. The molecule has 0 aliphatic heterocycles. The van der Waals surface area contributed by atoms with E-state index in [1.54, 1.807) is 12.1 Å². The van der Waals surface area contributed by atoms with Crippen molar-refractivity contribution in [1.82, 2.24) is 9.99 Å². The van der Waals surface area contributed by atoms with Gasteiger partial charge in [0.25, 0.3) is 5.91 Å². The molecular formula is C30H23N3O3. The van der Waals surface area contributed by atoms with Crippen molar-refractivity contribution in [3.05, 3.63) is 126 Å². The Morgan fingerprint density at radius 1 is 0.722 bits per heavy atom. The molecule has 0 saturated heterocycles. The van der Waals surface area contributed by atoms with Gasteiger partial charge in [-0.3, -0.25) is 4.79 Å². The topological polar surface area (TPSA) is 86.8 Å². The number of phenolic OH excluding ortho intramolecular Hbond substituents is 2. The van der Waals surface area contributed by atoms with Gasteiger partial charge >= 0.3 is 0 Å². The van der Waals surface area contributed by atoms with Gasteiger partial charge in [-0.05, 0) is 59.7 Å². The first-order valence-electron chi connectivity index (χ1n) is 11.4. The molecule has 0 spiro atoms. The summed E-state index contributed by atoms with van der Waals surface area (Å²) in [5.41, 5.74) is 8.48. The van der Waals surface area contributed by atoms with Gasteiger partial charge < -0.3 is 14.8 Å². The Morgan fingerprint density at radius 2 is 1.31 bits per heavy atom. The fourth-order valence-corrected chi connectivity index (χ4v) is 4.01. The number of carbonyl (C=O) groups excluding carboxylic acids is 1. The first kappa shape index (κ1) is 22.7. The number of nitrogens with one attached hydrogen (secondary N) is 1. The minimum absolute atomic E-state index is 0.0534. The van der Waals surface area contributed by atoms with E-state index in [2.05, 4.69) is 51.5 Å². The van der Waals surface area contributed by atoms with E-state index < -0.39 is 0 Å². The van der Waals surface area contributed by atoms with E-state index in [4.69, 9.17) is 0 Å². The summed E-state index contributed by atoms with van der Waals surface area (Å²) in [6.07, 6.45) is 1.32. The summed E-state index contributed by atoms with van der Waals surface area (Å²) in [4.78, 5) is 12.6. The highest BCUT2D eigenvalue weighted by Gasteiger charge is 2.14. The van der Waals surface area contributed by atoms with Crippen molar-refractivity contribution in [2.75, 3.05) is 0 Å². The van der Waals surface area contributed by atoms with Gasteiger partial charge in [0, 0.05) is 22.9 Å². The minimum Gasteiger partial charge on any atom is -0.508 e. The predicted molar refractivity (Wildman–Crippen MR) is 141 cm³/mol. The summed E-state index contributed by atoms with van der Waals surface area (Å²) in [7, 11) is 0. The number of hydrogen-bond acceptors (Lipinski definition) is 4. The molecule has 176 valence electrons. The average Bonchev–Trinajstić information content (AvgIpc) is 3.36. The van der Waals surface area contributed by atoms with E-state index in [-0.39, 0.29) is 17.4 Å². The molecule has 0 fully saturated rings. The van der Waals surface area contributed by atoms with Gasteiger partial charge in [0.1, 0.15) is 11.5 Å². The molecule has 0 aliphatic rings. The highest BCUT2D eigenvalue weighted by molar-refractivity contribution is 5.95. The van der Waals surface area contributed by atoms with Crippen LogP contribution in [0, 0.1) is 0 Å². The lowest BCUT2D eigenvalue weighted by molar-refractivity contribution is 0.0955. The van der Waals surface area contributed by atoms with Gasteiger partial charge in [-0.15, -0.1) is 0 Å². The highest BCUT2D eigenvalue weighted by atomic mass is 16.3. The Labute approximate surface area is 208 Å². The van der Waals surface area contributed by atoms with Crippen molar-refractivity contribution in [1.29, 1.82) is 0 Å². The summed E-state index contributed by atoms with van der Waals surface area (Å²) in [5, 5.41) is 23.1. The molecule has 5 aromatic rings. The van der Waals surface area contributed by atoms with E-state index in [0.29, 0.717) is 11.1 Å². The summed E-state index contributed by atoms with van der Waals surface area (Å²) in [6.45, 7) is 0. The molecular weight excluding hydrogens is 450 g/mol. The number of hydrogen-bond donors (Lipinski definition) is 3. The molecule has 0 bridgehead atoms. The van der Waals surface area contributed by atoms with E-state index in [0.717, 1.165) is 28.2 Å². The maximum atomic E-state index is 12.6. The molecule has 4 aromatic carbocycles. The number of amides is 1. The van der Waals surface area contributed by atoms with E-state index in [9.17, 15) is 15.0 Å². The molecule has 5 rings (SSSR count). The Balaban J connectivity index is 1.42. The number of benzene rings is 4. The first-order valence-corrected chi connectivity index (χ1v) is 11.4. The molecule has 0 saturated carbocycles. The van der Waals surface area contributed by atoms with Crippen LogP contribution in [0.4, 0.5) is 0 Å². The molecule has 6 nitrogen and oxygen atoms in total. The Bertz CT molecular complexity index is 1470. The lowest BCUT2D eigenvalue weighted by Crippen LogP contribution is -2.17. The zero-order valence-electron chi connectivity index (χ0n) is 19.2. The van der Waals surface area contributed by atoms with Crippen LogP contribution in [-0.2, 0) is 0 Å². The average molecular weight is 474 g/mol. The van der Waals surface area contributed by atoms with Crippen molar-refractivity contribution < 1.29 is 15.0 Å². The Morgan fingerprint density at radius 3 is 1.86 bits per heavy atom. The number of aromatic nitrogens is 1. The SMILES string of the molecule is O=C(N/N=C\c1ccc(O)cc1O)c1ccc(-n2c(-c3ccccc3)ccc2-c2ccccc2)cc1. The summed E-state index contributed by atoms with van der Waals surface area (Å²) in [6, 6.07) is 36.0. The second kappa shape index (κ2) is 10.0. The molecule has 1 amide bonds. The molecule has 36 heavy (non-hydrogen) atoms. The van der Waals surface area contributed by atoms with E-state index in [1.807, 2.05) is 48.5 Å². The van der Waals surface area contributed by atoms with Crippen LogP contribution in [0.2, 0.25) is 0 Å². The number of nitrogens with zero attached hydrogens (tertiary/aromatic N) is 2. The van der Waals surface area contributed by atoms with Crippen LogP contribution < -0.4 is 5.43 Å². The molecule has 1 aromatic heterocycles. The number of aromatic hydroxyl groups is 2. The monoisotopic (exact) mass is 473 g/mol. The number of hydrazone groups is 1. The van der Waals surface area contributed by atoms with Gasteiger partial charge in [0.15, 0.2) is 0 Å². The molecule has 0 unspecified atom stereocenters. The van der Waals surface area contributed by atoms with Crippen molar-refractivity contribution in [2.45, 2.75) is 0 Å². The van der Waals surface area contributed by atoms with E-state index >= 15 is 0 Å². The zero-order chi connectivity index (χ0) is 24.9. The molecule has 3 N–H and O–H groups in total. The fourth-order valence-electron chi connectivity index (χ4n) is 4.01. The van der Waals surface area contributed by atoms with Crippen molar-refractivity contribution in [3.63, 3.8) is 0 Å². The lowest BCUT2D eigenvalue weighted by Gasteiger charge is -2.15. The second-order valence-electron chi connectivity index (χ2n) is 8.16. The van der Waals surface area contributed by atoms with Gasteiger partial charge in [-0.25, -0.2) is 5.43 Å². The smallest absolute Gasteiger partial charge is 0.271 e. The molecule has 0 aliphatic carbocycles. The Kier molecular flexibility index (Phi) is 6.32. The van der Waals surface area contributed by atoms with Crippen LogP contribution in [0.3, 0.4) is 0 Å². The van der Waals surface area contributed by atoms with Crippen LogP contribution in [-0.4, -0.2) is 26.9 Å². The number of rotatable bonds is 6. The summed E-state index contributed by atoms with van der Waals surface area (Å²) in [5.74, 6) is -0.565. The maximum Gasteiger partial charge on any atom is 0.271 e. The maximum absolute atomic E-state index is 12.6. The molecule has 0 radical (unpaired) electrons. The summed E-state index contributed by atoms with van der Waals surface area (Å²) < 4.78 is 2.18. The summed E-state index contributed by atoms with van der Waals surface area (Å²) >= 11 is 0. The largest absolute Gasteiger partial charge is 0.508 e. The van der Waals surface area contributed by atoms with Crippen LogP contribution in [0.1, 0.15) is 15.9 Å². The van der Waals surface area contributed by atoms with Crippen LogP contribution in [0.25, 0.3) is 28.2 Å². The lowest BCUT2D eigenvalue weighted by atomic mass is 10.1. The zero-order valence-corrected chi connectivity index (χ0v) is 19.2. The molecule has 1 heterocycles. The van der Waals surface area contributed by atoms with Crippen LogP contribution in [0.15, 0.2) is 120 Å². The highest BCUT2D eigenvalue weighted by Crippen LogP contribution is 2.32. The fraction of sp³-hybridized carbons (Fsp3) is 0. The van der Waals surface area contributed by atoms with Crippen LogP contribution in [0.5, 0.6) is 11.5 Å². The van der Waals surface area contributed by atoms with Gasteiger partial charge in [0.2, 0.25) is 0 Å².